The van der Waals surface area contributed by atoms with Crippen molar-refractivity contribution in [2.24, 2.45) is 10.8 Å². The van der Waals surface area contributed by atoms with Gasteiger partial charge in [-0.05, 0) is 37.3 Å². The largest absolute Gasteiger partial charge is 0.320 e. The lowest BCUT2D eigenvalue weighted by Gasteiger charge is -2.39. The van der Waals surface area contributed by atoms with Crippen LogP contribution in [0.3, 0.4) is 0 Å². The van der Waals surface area contributed by atoms with Crippen LogP contribution < -0.4 is 5.32 Å². The van der Waals surface area contributed by atoms with Crippen molar-refractivity contribution in [3.63, 3.8) is 0 Å². The Balaban J connectivity index is -0.000000439. The Hall–Kier alpha value is -0.0400. The average Bonchev–Trinajstić information content (AvgIpc) is 2.28. The highest BCUT2D eigenvalue weighted by Gasteiger charge is 2.31. The van der Waals surface area contributed by atoms with Crippen LogP contribution in [0.15, 0.2) is 0 Å². The van der Waals surface area contributed by atoms with Gasteiger partial charge in [-0.25, -0.2) is 0 Å². The van der Waals surface area contributed by atoms with Gasteiger partial charge in [0.05, 0.1) is 0 Å². The zero-order chi connectivity index (χ0) is 14.5. The summed E-state index contributed by atoms with van der Waals surface area (Å²) >= 11 is 0. The lowest BCUT2D eigenvalue weighted by Crippen LogP contribution is -2.29. The van der Waals surface area contributed by atoms with Crippen molar-refractivity contribution in [2.75, 3.05) is 13.6 Å². The standard InChI is InChI=1S/C12H27N.2C2H6/c1-11(2,3)12(4,5)9-7-8-10-13-6;2*1-2/h13H,7-10H2,1-6H3;2*1-2H3. The molecule has 17 heavy (non-hydrogen) atoms. The topological polar surface area (TPSA) is 12.0 Å². The molecule has 0 radical (unpaired) electrons. The van der Waals surface area contributed by atoms with Crippen LogP contribution in [0, 0.1) is 10.8 Å². The molecule has 0 fully saturated rings. The fourth-order valence-electron chi connectivity index (χ4n) is 1.24. The molecule has 1 N–H and O–H groups in total. The maximum absolute atomic E-state index is 3.19. The van der Waals surface area contributed by atoms with Crippen LogP contribution in [0.2, 0.25) is 0 Å². The van der Waals surface area contributed by atoms with Gasteiger partial charge in [-0.1, -0.05) is 68.7 Å². The van der Waals surface area contributed by atoms with E-state index in [0.29, 0.717) is 10.8 Å². The van der Waals surface area contributed by atoms with Crippen molar-refractivity contribution >= 4 is 0 Å². The summed E-state index contributed by atoms with van der Waals surface area (Å²) in [5, 5.41) is 3.19. The smallest absolute Gasteiger partial charge is 0.00519 e. The number of nitrogens with one attached hydrogen (secondary N) is 1. The molecular formula is C16H39N. The molecule has 1 heteroatoms. The third kappa shape index (κ3) is 12.2. The van der Waals surface area contributed by atoms with Gasteiger partial charge in [-0.3, -0.25) is 0 Å². The highest BCUT2D eigenvalue weighted by molar-refractivity contribution is 4.82. The van der Waals surface area contributed by atoms with Crippen molar-refractivity contribution in [3.05, 3.63) is 0 Å². The van der Waals surface area contributed by atoms with Crippen LogP contribution in [0.4, 0.5) is 0 Å². The zero-order valence-electron chi connectivity index (χ0n) is 14.3. The number of unbranched alkanes of at least 4 members (excludes halogenated alkanes) is 1. The van der Waals surface area contributed by atoms with E-state index < -0.39 is 0 Å². The molecule has 0 bridgehead atoms. The summed E-state index contributed by atoms with van der Waals surface area (Å²) < 4.78 is 0. The van der Waals surface area contributed by atoms with E-state index >= 15 is 0 Å². The third-order valence-corrected chi connectivity index (χ3v) is 3.51. The van der Waals surface area contributed by atoms with Crippen LogP contribution in [0.1, 0.15) is 81.6 Å². The highest BCUT2D eigenvalue weighted by Crippen LogP contribution is 2.41. The van der Waals surface area contributed by atoms with Gasteiger partial charge in [-0.15, -0.1) is 0 Å². The SMILES string of the molecule is CC.CC.CNCCCCC(C)(C)C(C)(C)C. The van der Waals surface area contributed by atoms with E-state index in [1.54, 1.807) is 0 Å². The van der Waals surface area contributed by atoms with Gasteiger partial charge in [-0.2, -0.15) is 0 Å². The van der Waals surface area contributed by atoms with Gasteiger partial charge in [0, 0.05) is 0 Å². The van der Waals surface area contributed by atoms with Gasteiger partial charge >= 0.3 is 0 Å². The van der Waals surface area contributed by atoms with E-state index in [0.717, 1.165) is 6.54 Å². The molecule has 0 rings (SSSR count). The van der Waals surface area contributed by atoms with Crippen LogP contribution >= 0.6 is 0 Å². The summed E-state index contributed by atoms with van der Waals surface area (Å²) in [4.78, 5) is 0. The molecule has 0 unspecified atom stereocenters. The molecule has 0 saturated heterocycles. The first-order chi connectivity index (χ1) is 7.81. The van der Waals surface area contributed by atoms with Gasteiger partial charge in [0.2, 0.25) is 0 Å². The third-order valence-electron chi connectivity index (χ3n) is 3.51. The van der Waals surface area contributed by atoms with Crippen molar-refractivity contribution < 1.29 is 0 Å². The van der Waals surface area contributed by atoms with Gasteiger partial charge in [0.1, 0.15) is 0 Å². The fourth-order valence-corrected chi connectivity index (χ4v) is 1.24. The predicted molar refractivity (Wildman–Crippen MR) is 83.7 cm³/mol. The molecule has 0 heterocycles. The average molecular weight is 245 g/mol. The molecule has 0 aromatic rings. The van der Waals surface area contributed by atoms with Crippen LogP contribution in [-0.4, -0.2) is 13.6 Å². The van der Waals surface area contributed by atoms with Crippen molar-refractivity contribution in [3.8, 4) is 0 Å². The second-order valence-corrected chi connectivity index (χ2v) is 5.69. The molecule has 0 spiro atoms. The molecule has 108 valence electrons. The zero-order valence-corrected chi connectivity index (χ0v) is 14.3. The van der Waals surface area contributed by atoms with E-state index in [1.807, 2.05) is 34.7 Å². The molecule has 0 aliphatic carbocycles. The summed E-state index contributed by atoms with van der Waals surface area (Å²) in [6.45, 7) is 20.9. The first-order valence-corrected chi connectivity index (χ1v) is 7.46. The Kier molecular flexibility index (Phi) is 16.2. The summed E-state index contributed by atoms with van der Waals surface area (Å²) in [6.07, 6.45) is 3.97. The first kappa shape index (κ1) is 22.2. The normalized spacial score (nSPS) is 10.9. The maximum atomic E-state index is 3.19. The first-order valence-electron chi connectivity index (χ1n) is 7.46. The fraction of sp³-hybridized carbons (Fsp3) is 1.00. The van der Waals surface area contributed by atoms with Crippen molar-refractivity contribution in [2.45, 2.75) is 81.6 Å². The molecule has 0 atom stereocenters. The van der Waals surface area contributed by atoms with E-state index in [1.165, 1.54) is 19.3 Å². The maximum Gasteiger partial charge on any atom is -0.00519 e. The summed E-state index contributed by atoms with van der Waals surface area (Å²) in [5.41, 5.74) is 0.882. The minimum absolute atomic E-state index is 0.423. The lowest BCUT2D eigenvalue weighted by molar-refractivity contribution is 0.116. The van der Waals surface area contributed by atoms with Crippen LogP contribution in [0.5, 0.6) is 0 Å². The highest BCUT2D eigenvalue weighted by atomic mass is 14.8. The van der Waals surface area contributed by atoms with E-state index in [-0.39, 0.29) is 0 Å². The number of hydrogen-bond donors (Lipinski definition) is 1. The molecule has 0 aliphatic rings. The van der Waals surface area contributed by atoms with Gasteiger partial charge < -0.3 is 5.32 Å². The van der Waals surface area contributed by atoms with Gasteiger partial charge in [0.15, 0.2) is 0 Å². The molecule has 0 aromatic carbocycles. The van der Waals surface area contributed by atoms with Crippen molar-refractivity contribution in [1.29, 1.82) is 0 Å². The second kappa shape index (κ2) is 12.4. The number of hydrogen-bond acceptors (Lipinski definition) is 1. The summed E-state index contributed by atoms with van der Waals surface area (Å²) in [6, 6.07) is 0. The molecule has 0 saturated carbocycles. The van der Waals surface area contributed by atoms with Crippen molar-refractivity contribution in [1.82, 2.24) is 5.32 Å². The minimum Gasteiger partial charge on any atom is -0.320 e. The Morgan fingerprint density at radius 2 is 1.18 bits per heavy atom. The molecule has 0 aliphatic heterocycles. The lowest BCUT2D eigenvalue weighted by atomic mass is 9.67. The van der Waals surface area contributed by atoms with Crippen LogP contribution in [-0.2, 0) is 0 Å². The summed E-state index contributed by atoms with van der Waals surface area (Å²) in [5.74, 6) is 0. The Bertz CT molecular complexity index is 131. The molecule has 1 nitrogen and oxygen atoms in total. The quantitative estimate of drug-likeness (QED) is 0.631. The van der Waals surface area contributed by atoms with E-state index in [9.17, 15) is 0 Å². The predicted octanol–water partition coefficient (Wildman–Crippen LogP) is 5.50. The second-order valence-electron chi connectivity index (χ2n) is 5.69. The van der Waals surface area contributed by atoms with Gasteiger partial charge in [0.25, 0.3) is 0 Å². The van der Waals surface area contributed by atoms with E-state index in [4.69, 9.17) is 0 Å². The Labute approximate surface area is 112 Å². The number of rotatable bonds is 5. The summed E-state index contributed by atoms with van der Waals surface area (Å²) in [7, 11) is 2.02. The Morgan fingerprint density at radius 3 is 1.47 bits per heavy atom. The molecule has 0 aromatic heterocycles. The molecule has 0 amide bonds. The van der Waals surface area contributed by atoms with E-state index in [2.05, 4.69) is 39.9 Å². The monoisotopic (exact) mass is 245 g/mol. The molecular weight excluding hydrogens is 206 g/mol. The van der Waals surface area contributed by atoms with Crippen LogP contribution in [0.25, 0.3) is 0 Å². The Morgan fingerprint density at radius 1 is 0.765 bits per heavy atom. The minimum atomic E-state index is 0.423.